The van der Waals surface area contributed by atoms with E-state index in [1.165, 1.54) is 5.56 Å². The molecule has 1 N–H and O–H groups in total. The van der Waals surface area contributed by atoms with Gasteiger partial charge in [-0.25, -0.2) is 0 Å². The first kappa shape index (κ1) is 15.8. The molecule has 1 fully saturated rings. The van der Waals surface area contributed by atoms with Crippen molar-refractivity contribution in [3.8, 4) is 5.75 Å². The summed E-state index contributed by atoms with van der Waals surface area (Å²) in [6.45, 7) is 10.4. The predicted octanol–water partition coefficient (Wildman–Crippen LogP) is 2.28. The summed E-state index contributed by atoms with van der Waals surface area (Å²) in [4.78, 5) is 14.3. The van der Waals surface area contributed by atoms with Crippen LogP contribution in [0.25, 0.3) is 0 Å². The van der Waals surface area contributed by atoms with Crippen molar-refractivity contribution in [3.63, 3.8) is 0 Å². The zero-order chi connectivity index (χ0) is 15.4. The molecule has 0 saturated carbocycles. The lowest BCUT2D eigenvalue weighted by atomic mass is 10.1. The van der Waals surface area contributed by atoms with E-state index in [1.54, 1.807) is 0 Å². The molecule has 1 aliphatic rings. The lowest BCUT2D eigenvalue weighted by Gasteiger charge is -2.38. The number of hydrogen-bond donors (Lipinski definition) is 1. The van der Waals surface area contributed by atoms with Crippen LogP contribution in [0, 0.1) is 13.8 Å². The van der Waals surface area contributed by atoms with Gasteiger partial charge in [0.05, 0.1) is 13.0 Å². The summed E-state index contributed by atoms with van der Waals surface area (Å²) >= 11 is 0. The fraction of sp³-hybridized carbons (Fsp3) is 0.588. The van der Waals surface area contributed by atoms with Crippen LogP contribution in [0.2, 0.25) is 0 Å². The van der Waals surface area contributed by atoms with E-state index in [0.29, 0.717) is 19.1 Å². The minimum atomic E-state index is 0.182. The quantitative estimate of drug-likeness (QED) is 0.925. The lowest BCUT2D eigenvalue weighted by Crippen LogP contribution is -2.57. The van der Waals surface area contributed by atoms with Crippen molar-refractivity contribution in [2.45, 2.75) is 46.2 Å². The van der Waals surface area contributed by atoms with Gasteiger partial charge in [0.1, 0.15) is 5.75 Å². The zero-order valence-corrected chi connectivity index (χ0v) is 13.5. The Labute approximate surface area is 127 Å². The molecule has 2 unspecified atom stereocenters. The standard InChI is InChI=1S/C17H26N2O2/c1-12-5-6-13(2)16(11-12)21-10-7-17(20)19-9-8-18-14(3)15(19)4/h5-6,11,14-15,18H,7-10H2,1-4H3. The summed E-state index contributed by atoms with van der Waals surface area (Å²) < 4.78 is 5.78. The van der Waals surface area contributed by atoms with Crippen molar-refractivity contribution in [1.29, 1.82) is 0 Å². The van der Waals surface area contributed by atoms with Gasteiger partial charge in [-0.3, -0.25) is 4.79 Å². The second-order valence-electron chi connectivity index (χ2n) is 5.94. The third-order valence-electron chi connectivity index (χ3n) is 4.27. The second kappa shape index (κ2) is 6.94. The summed E-state index contributed by atoms with van der Waals surface area (Å²) in [5, 5.41) is 3.39. The average molecular weight is 290 g/mol. The van der Waals surface area contributed by atoms with E-state index in [0.717, 1.165) is 24.4 Å². The van der Waals surface area contributed by atoms with Gasteiger partial charge < -0.3 is 15.0 Å². The number of carbonyl (C=O) groups is 1. The number of benzene rings is 1. The van der Waals surface area contributed by atoms with Crippen molar-refractivity contribution in [2.24, 2.45) is 0 Å². The molecular formula is C17H26N2O2. The molecule has 21 heavy (non-hydrogen) atoms. The highest BCUT2D eigenvalue weighted by Crippen LogP contribution is 2.19. The smallest absolute Gasteiger partial charge is 0.226 e. The van der Waals surface area contributed by atoms with E-state index in [4.69, 9.17) is 4.74 Å². The highest BCUT2D eigenvalue weighted by molar-refractivity contribution is 5.76. The average Bonchev–Trinajstić information content (AvgIpc) is 2.45. The fourth-order valence-electron chi connectivity index (χ4n) is 2.66. The molecule has 0 bridgehead atoms. The fourth-order valence-corrected chi connectivity index (χ4v) is 2.66. The third kappa shape index (κ3) is 3.97. The molecule has 1 aliphatic heterocycles. The predicted molar refractivity (Wildman–Crippen MR) is 84.7 cm³/mol. The molecule has 1 aromatic rings. The van der Waals surface area contributed by atoms with Crippen LogP contribution in [0.15, 0.2) is 18.2 Å². The van der Waals surface area contributed by atoms with Crippen LogP contribution in [0.4, 0.5) is 0 Å². The Bertz CT molecular complexity index is 502. The summed E-state index contributed by atoms with van der Waals surface area (Å²) in [7, 11) is 0. The number of piperazine rings is 1. The minimum Gasteiger partial charge on any atom is -0.493 e. The highest BCUT2D eigenvalue weighted by Gasteiger charge is 2.27. The number of amides is 1. The Morgan fingerprint density at radius 3 is 2.90 bits per heavy atom. The first-order chi connectivity index (χ1) is 9.99. The number of aryl methyl sites for hydroxylation is 2. The van der Waals surface area contributed by atoms with Gasteiger partial charge in [-0.2, -0.15) is 0 Å². The normalized spacial score (nSPS) is 22.2. The summed E-state index contributed by atoms with van der Waals surface area (Å²) in [6, 6.07) is 6.73. The Morgan fingerprint density at radius 1 is 1.38 bits per heavy atom. The van der Waals surface area contributed by atoms with Crippen LogP contribution >= 0.6 is 0 Å². The molecule has 116 valence electrons. The van der Waals surface area contributed by atoms with Crippen LogP contribution in [-0.2, 0) is 4.79 Å². The topological polar surface area (TPSA) is 41.6 Å². The van der Waals surface area contributed by atoms with E-state index in [9.17, 15) is 4.79 Å². The van der Waals surface area contributed by atoms with E-state index >= 15 is 0 Å². The van der Waals surface area contributed by atoms with Gasteiger partial charge in [0, 0.05) is 25.2 Å². The van der Waals surface area contributed by atoms with Gasteiger partial charge in [0.2, 0.25) is 5.91 Å². The van der Waals surface area contributed by atoms with Gasteiger partial charge in [-0.1, -0.05) is 12.1 Å². The zero-order valence-electron chi connectivity index (χ0n) is 13.5. The number of hydrogen-bond acceptors (Lipinski definition) is 3. The number of nitrogens with one attached hydrogen (secondary N) is 1. The maximum absolute atomic E-state index is 12.3. The number of carbonyl (C=O) groups excluding carboxylic acids is 1. The Balaban J connectivity index is 1.85. The summed E-state index contributed by atoms with van der Waals surface area (Å²) in [5.74, 6) is 1.06. The Morgan fingerprint density at radius 2 is 2.14 bits per heavy atom. The molecule has 0 aliphatic carbocycles. The van der Waals surface area contributed by atoms with Crippen LogP contribution < -0.4 is 10.1 Å². The van der Waals surface area contributed by atoms with Gasteiger partial charge in [-0.05, 0) is 44.9 Å². The number of nitrogens with zero attached hydrogens (tertiary/aromatic N) is 1. The van der Waals surface area contributed by atoms with Crippen molar-refractivity contribution >= 4 is 5.91 Å². The Hall–Kier alpha value is -1.55. The van der Waals surface area contributed by atoms with E-state index in [1.807, 2.05) is 30.9 Å². The third-order valence-corrected chi connectivity index (χ3v) is 4.27. The summed E-state index contributed by atoms with van der Waals surface area (Å²) in [6.07, 6.45) is 0.435. The molecule has 1 saturated heterocycles. The molecule has 4 heteroatoms. The minimum absolute atomic E-state index is 0.182. The van der Waals surface area contributed by atoms with Crippen LogP contribution in [0.5, 0.6) is 5.75 Å². The van der Waals surface area contributed by atoms with Crippen molar-refractivity contribution < 1.29 is 9.53 Å². The van der Waals surface area contributed by atoms with Gasteiger partial charge >= 0.3 is 0 Å². The largest absolute Gasteiger partial charge is 0.493 e. The monoisotopic (exact) mass is 290 g/mol. The molecule has 0 radical (unpaired) electrons. The summed E-state index contributed by atoms with van der Waals surface area (Å²) in [5.41, 5.74) is 2.28. The second-order valence-corrected chi connectivity index (χ2v) is 5.94. The maximum Gasteiger partial charge on any atom is 0.226 e. The van der Waals surface area contributed by atoms with Crippen LogP contribution in [0.3, 0.4) is 0 Å². The van der Waals surface area contributed by atoms with Crippen LogP contribution in [-0.4, -0.2) is 42.6 Å². The maximum atomic E-state index is 12.3. The van der Waals surface area contributed by atoms with E-state index in [2.05, 4.69) is 25.2 Å². The molecule has 1 amide bonds. The van der Waals surface area contributed by atoms with Gasteiger partial charge in [0.25, 0.3) is 0 Å². The molecule has 1 aromatic carbocycles. The molecule has 0 spiro atoms. The van der Waals surface area contributed by atoms with Gasteiger partial charge in [-0.15, -0.1) is 0 Å². The lowest BCUT2D eigenvalue weighted by molar-refractivity contribution is -0.135. The first-order valence-electron chi connectivity index (χ1n) is 7.72. The SMILES string of the molecule is Cc1ccc(C)c(OCCC(=O)N2CCNC(C)C2C)c1. The molecular weight excluding hydrogens is 264 g/mol. The molecule has 1 heterocycles. The van der Waals surface area contributed by atoms with Crippen molar-refractivity contribution in [3.05, 3.63) is 29.3 Å². The van der Waals surface area contributed by atoms with E-state index < -0.39 is 0 Å². The molecule has 2 rings (SSSR count). The highest BCUT2D eigenvalue weighted by atomic mass is 16.5. The molecule has 2 atom stereocenters. The molecule has 4 nitrogen and oxygen atoms in total. The van der Waals surface area contributed by atoms with Crippen LogP contribution in [0.1, 0.15) is 31.4 Å². The Kier molecular flexibility index (Phi) is 5.23. The number of ether oxygens (including phenoxy) is 1. The van der Waals surface area contributed by atoms with Gasteiger partial charge in [0.15, 0.2) is 0 Å². The number of rotatable bonds is 4. The van der Waals surface area contributed by atoms with Crippen molar-refractivity contribution in [1.82, 2.24) is 10.2 Å². The molecule has 0 aromatic heterocycles. The van der Waals surface area contributed by atoms with E-state index in [-0.39, 0.29) is 11.9 Å². The van der Waals surface area contributed by atoms with Crippen molar-refractivity contribution in [2.75, 3.05) is 19.7 Å². The first-order valence-corrected chi connectivity index (χ1v) is 7.72.